The predicted molar refractivity (Wildman–Crippen MR) is 122 cm³/mol. The van der Waals surface area contributed by atoms with Crippen molar-refractivity contribution in [2.45, 2.75) is 33.1 Å². The van der Waals surface area contributed by atoms with Gasteiger partial charge in [-0.2, -0.15) is 11.8 Å². The predicted octanol–water partition coefficient (Wildman–Crippen LogP) is 3.30. The number of esters is 2. The van der Waals surface area contributed by atoms with Crippen molar-refractivity contribution in [2.24, 2.45) is 11.8 Å². The summed E-state index contributed by atoms with van der Waals surface area (Å²) in [6.07, 6.45) is 0.461. The van der Waals surface area contributed by atoms with E-state index in [4.69, 9.17) is 9.47 Å². The summed E-state index contributed by atoms with van der Waals surface area (Å²) in [4.78, 5) is 39.1. The van der Waals surface area contributed by atoms with Gasteiger partial charge < -0.3 is 19.9 Å². The fourth-order valence-electron chi connectivity index (χ4n) is 4.40. The minimum absolute atomic E-state index is 0.0223. The number of carbonyl (C=O) groups is 3. The second kappa shape index (κ2) is 10.3. The van der Waals surface area contributed by atoms with E-state index in [0.29, 0.717) is 40.3 Å². The molecule has 1 aliphatic heterocycles. The van der Waals surface area contributed by atoms with Gasteiger partial charge in [0, 0.05) is 28.6 Å². The van der Waals surface area contributed by atoms with Gasteiger partial charge in [0.1, 0.15) is 18.3 Å². The highest BCUT2D eigenvalue weighted by atomic mass is 32.2. The Kier molecular flexibility index (Phi) is 7.66. The molecule has 8 heteroatoms. The number of carbonyl (C=O) groups excluding carboxylic acids is 3. The normalized spacial score (nSPS) is 22.9. The van der Waals surface area contributed by atoms with Crippen LogP contribution in [0, 0.1) is 11.8 Å². The van der Waals surface area contributed by atoms with Crippen LogP contribution in [0.1, 0.15) is 38.7 Å². The van der Waals surface area contributed by atoms with Crippen molar-refractivity contribution < 1.29 is 29.0 Å². The summed E-state index contributed by atoms with van der Waals surface area (Å²) in [6.45, 7) is 5.90. The molecule has 0 spiro atoms. The van der Waals surface area contributed by atoms with Gasteiger partial charge in [-0.25, -0.2) is 4.79 Å². The Bertz CT molecular complexity index is 982. The SMILES string of the molecule is CCSCCOC(=O)C1=C(C)NC2=C(C(=O)[C@@H](C(=O)OC)[C@@H](C)C2)[C@@H]1c1cccc(O)c1. The number of phenols is 1. The van der Waals surface area contributed by atoms with Crippen LogP contribution in [0.15, 0.2) is 46.8 Å². The van der Waals surface area contributed by atoms with Crippen molar-refractivity contribution >= 4 is 29.5 Å². The van der Waals surface area contributed by atoms with E-state index in [1.54, 1.807) is 30.8 Å². The van der Waals surface area contributed by atoms with Crippen molar-refractivity contribution in [3.8, 4) is 5.75 Å². The van der Waals surface area contributed by atoms with E-state index in [2.05, 4.69) is 5.32 Å². The summed E-state index contributed by atoms with van der Waals surface area (Å²) in [6, 6.07) is 6.48. The van der Waals surface area contributed by atoms with Gasteiger partial charge in [0.2, 0.25) is 0 Å². The van der Waals surface area contributed by atoms with Gasteiger partial charge in [-0.1, -0.05) is 26.0 Å². The molecule has 1 aromatic carbocycles. The zero-order chi connectivity index (χ0) is 23.4. The van der Waals surface area contributed by atoms with E-state index in [-0.39, 0.29) is 24.1 Å². The number of hydrogen-bond acceptors (Lipinski definition) is 8. The number of rotatable bonds is 7. The summed E-state index contributed by atoms with van der Waals surface area (Å²) in [5, 5.41) is 13.3. The van der Waals surface area contributed by atoms with Crippen molar-refractivity contribution in [3.05, 3.63) is 52.4 Å². The molecule has 0 saturated carbocycles. The third kappa shape index (κ3) is 4.70. The number of hydrogen-bond donors (Lipinski definition) is 2. The number of phenolic OH excluding ortho intramolecular Hbond substituents is 1. The molecule has 7 nitrogen and oxygen atoms in total. The van der Waals surface area contributed by atoms with E-state index in [0.717, 1.165) is 5.75 Å². The molecule has 0 radical (unpaired) electrons. The molecule has 2 N–H and O–H groups in total. The maximum Gasteiger partial charge on any atom is 0.336 e. The maximum absolute atomic E-state index is 13.6. The molecule has 0 saturated heterocycles. The topological polar surface area (TPSA) is 102 Å². The van der Waals surface area contributed by atoms with Crippen LogP contribution in [0.25, 0.3) is 0 Å². The zero-order valence-corrected chi connectivity index (χ0v) is 19.6. The lowest BCUT2D eigenvalue weighted by atomic mass is 9.69. The lowest BCUT2D eigenvalue weighted by Crippen LogP contribution is -2.43. The molecular weight excluding hydrogens is 430 g/mol. The van der Waals surface area contributed by atoms with Crippen molar-refractivity contribution in [3.63, 3.8) is 0 Å². The first-order valence-corrected chi connectivity index (χ1v) is 11.8. The van der Waals surface area contributed by atoms with Crippen LogP contribution < -0.4 is 5.32 Å². The summed E-state index contributed by atoms with van der Waals surface area (Å²) < 4.78 is 10.4. The Hall–Kier alpha value is -2.74. The number of ether oxygens (including phenoxy) is 2. The van der Waals surface area contributed by atoms with Gasteiger partial charge in [-0.05, 0) is 42.7 Å². The fourth-order valence-corrected chi connectivity index (χ4v) is 4.89. The quantitative estimate of drug-likeness (QED) is 0.364. The number of dihydropyridines is 1. The van der Waals surface area contributed by atoms with Crippen LogP contribution in [0.2, 0.25) is 0 Å². The third-order valence-electron chi connectivity index (χ3n) is 5.83. The monoisotopic (exact) mass is 459 g/mol. The van der Waals surface area contributed by atoms with E-state index in [9.17, 15) is 19.5 Å². The summed E-state index contributed by atoms with van der Waals surface area (Å²) in [5.41, 5.74) is 2.53. The van der Waals surface area contributed by atoms with Gasteiger partial charge >= 0.3 is 11.9 Å². The summed E-state index contributed by atoms with van der Waals surface area (Å²) in [5.74, 6) is -1.81. The number of allylic oxidation sites excluding steroid dienone is 3. The fraction of sp³-hybridized carbons (Fsp3) is 0.458. The van der Waals surface area contributed by atoms with Crippen molar-refractivity contribution in [2.75, 3.05) is 25.2 Å². The highest BCUT2D eigenvalue weighted by molar-refractivity contribution is 7.99. The van der Waals surface area contributed by atoms with Crippen LogP contribution in [-0.2, 0) is 23.9 Å². The minimum Gasteiger partial charge on any atom is -0.508 e. The first-order valence-electron chi connectivity index (χ1n) is 10.7. The molecule has 0 amide bonds. The maximum atomic E-state index is 13.6. The van der Waals surface area contributed by atoms with Gasteiger partial charge in [0.05, 0.1) is 12.7 Å². The second-order valence-electron chi connectivity index (χ2n) is 7.96. The minimum atomic E-state index is -0.947. The van der Waals surface area contributed by atoms with E-state index in [1.165, 1.54) is 19.2 Å². The highest BCUT2D eigenvalue weighted by Gasteiger charge is 2.47. The van der Waals surface area contributed by atoms with Crippen LogP contribution in [-0.4, -0.2) is 48.1 Å². The van der Waals surface area contributed by atoms with Crippen molar-refractivity contribution in [1.29, 1.82) is 0 Å². The van der Waals surface area contributed by atoms with Gasteiger partial charge in [-0.3, -0.25) is 9.59 Å². The second-order valence-corrected chi connectivity index (χ2v) is 9.36. The summed E-state index contributed by atoms with van der Waals surface area (Å²) in [7, 11) is 1.26. The van der Waals surface area contributed by atoms with E-state index >= 15 is 0 Å². The largest absolute Gasteiger partial charge is 0.508 e. The number of benzene rings is 1. The van der Waals surface area contributed by atoms with Gasteiger partial charge in [-0.15, -0.1) is 0 Å². The van der Waals surface area contributed by atoms with E-state index < -0.39 is 23.8 Å². The first kappa shape index (κ1) is 23.9. The number of Topliss-reactive ketones (excluding diaryl/α,β-unsaturated/α-hetero) is 1. The number of nitrogens with one attached hydrogen (secondary N) is 1. The molecule has 0 unspecified atom stereocenters. The lowest BCUT2D eigenvalue weighted by molar-refractivity contribution is -0.151. The van der Waals surface area contributed by atoms with Gasteiger partial charge in [0.15, 0.2) is 5.78 Å². The van der Waals surface area contributed by atoms with Gasteiger partial charge in [0.25, 0.3) is 0 Å². The first-order chi connectivity index (χ1) is 15.3. The smallest absolute Gasteiger partial charge is 0.336 e. The number of thioether (sulfide) groups is 1. The van der Waals surface area contributed by atoms with Crippen LogP contribution in [0.4, 0.5) is 0 Å². The Morgan fingerprint density at radius 3 is 2.72 bits per heavy atom. The number of methoxy groups -OCH3 is 1. The molecule has 0 fully saturated rings. The highest BCUT2D eigenvalue weighted by Crippen LogP contribution is 2.45. The molecule has 1 aliphatic carbocycles. The van der Waals surface area contributed by atoms with Crippen LogP contribution in [0.3, 0.4) is 0 Å². The third-order valence-corrected chi connectivity index (χ3v) is 6.70. The number of ketones is 1. The molecule has 1 heterocycles. The molecule has 32 heavy (non-hydrogen) atoms. The zero-order valence-electron chi connectivity index (χ0n) is 18.8. The van der Waals surface area contributed by atoms with E-state index in [1.807, 2.05) is 13.8 Å². The lowest BCUT2D eigenvalue weighted by Gasteiger charge is -2.38. The number of aromatic hydroxyl groups is 1. The molecular formula is C24H29NO6S. The Labute approximate surface area is 192 Å². The van der Waals surface area contributed by atoms with Crippen LogP contribution >= 0.6 is 11.8 Å². The standard InChI is InChI=1S/C24H29NO6S/c1-5-32-10-9-31-24(29)19-14(3)25-17-11-13(2)18(23(28)30-4)22(27)21(17)20(19)15-7-6-8-16(26)12-15/h6-8,12-13,18,20,25-26H,5,9-11H2,1-4H3/t13-,18-,20+/m0/s1. The molecule has 1 aromatic rings. The molecule has 0 bridgehead atoms. The Morgan fingerprint density at radius 2 is 2.06 bits per heavy atom. The van der Waals surface area contributed by atoms with Crippen molar-refractivity contribution in [1.82, 2.24) is 5.32 Å². The Morgan fingerprint density at radius 1 is 1.31 bits per heavy atom. The molecule has 2 aliphatic rings. The van der Waals surface area contributed by atoms with Crippen LogP contribution in [0.5, 0.6) is 5.75 Å². The average molecular weight is 460 g/mol. The summed E-state index contributed by atoms with van der Waals surface area (Å²) >= 11 is 1.66. The average Bonchev–Trinajstić information content (AvgIpc) is 2.75. The Balaban J connectivity index is 2.07. The molecule has 0 aromatic heterocycles. The molecule has 3 atom stereocenters. The molecule has 3 rings (SSSR count). The molecule has 172 valence electrons.